The van der Waals surface area contributed by atoms with Crippen molar-refractivity contribution in [1.82, 2.24) is 4.90 Å². The Morgan fingerprint density at radius 3 is 1.93 bits per heavy atom. The van der Waals surface area contributed by atoms with Crippen LogP contribution in [-0.4, -0.2) is 30.6 Å². The average Bonchev–Trinajstić information content (AvgIpc) is 3.22. The normalized spacial score (nSPS) is 14.1. The zero-order valence-corrected chi connectivity index (χ0v) is 17.0. The zero-order chi connectivity index (χ0) is 20.3. The molecule has 0 radical (unpaired) electrons. The minimum absolute atomic E-state index is 0.874. The Kier molecular flexibility index (Phi) is 5.48. The van der Waals surface area contributed by atoms with E-state index < -0.39 is 5.60 Å². The van der Waals surface area contributed by atoms with Gasteiger partial charge in [-0.15, -0.1) is 0 Å². The number of hydrogen-bond donors (Lipinski definition) is 1. The second-order valence-corrected chi connectivity index (χ2v) is 7.88. The van der Waals surface area contributed by atoms with E-state index in [4.69, 9.17) is 0 Å². The number of nitrogens with zero attached hydrogens (tertiary/aromatic N) is 1. The summed E-state index contributed by atoms with van der Waals surface area (Å²) in [6, 6.07) is 28.2. The van der Waals surface area contributed by atoms with Gasteiger partial charge < -0.3 is 10.0 Å². The fraction of sp³-hybridized carbons (Fsp3) is 0.185. The van der Waals surface area contributed by atoms with Gasteiger partial charge in [0.1, 0.15) is 5.60 Å². The van der Waals surface area contributed by atoms with Crippen LogP contribution in [0.25, 0.3) is 5.57 Å². The number of hydrogen-bond acceptors (Lipinski definition) is 2. The molecule has 3 aromatic rings. The first-order valence-corrected chi connectivity index (χ1v) is 10.1. The SMILES string of the molecule is CN(C)CC1=CCC(c2ccccc2C(O)(c2ccccc2)c2ccccc2)=C1. The molecular weight excluding hydrogens is 354 g/mol. The van der Waals surface area contributed by atoms with Gasteiger partial charge in [-0.1, -0.05) is 97.1 Å². The predicted molar refractivity (Wildman–Crippen MR) is 121 cm³/mol. The van der Waals surface area contributed by atoms with Crippen LogP contribution in [0.3, 0.4) is 0 Å². The number of aliphatic hydroxyl groups is 1. The van der Waals surface area contributed by atoms with Gasteiger partial charge in [-0.25, -0.2) is 0 Å². The van der Waals surface area contributed by atoms with E-state index in [1.54, 1.807) is 0 Å². The summed E-state index contributed by atoms with van der Waals surface area (Å²) in [4.78, 5) is 2.18. The summed E-state index contributed by atoms with van der Waals surface area (Å²) in [7, 11) is 4.17. The Morgan fingerprint density at radius 1 is 0.793 bits per heavy atom. The summed E-state index contributed by atoms with van der Waals surface area (Å²) in [5.74, 6) is 0. The third-order valence-corrected chi connectivity index (χ3v) is 5.49. The van der Waals surface area contributed by atoms with Crippen LogP contribution in [0, 0.1) is 0 Å². The van der Waals surface area contributed by atoms with Crippen molar-refractivity contribution in [3.63, 3.8) is 0 Å². The van der Waals surface area contributed by atoms with Crippen molar-refractivity contribution in [2.45, 2.75) is 12.0 Å². The molecule has 1 aliphatic rings. The van der Waals surface area contributed by atoms with Gasteiger partial charge >= 0.3 is 0 Å². The highest BCUT2D eigenvalue weighted by atomic mass is 16.3. The van der Waals surface area contributed by atoms with Crippen molar-refractivity contribution < 1.29 is 5.11 Å². The van der Waals surface area contributed by atoms with E-state index in [1.165, 1.54) is 11.1 Å². The Balaban J connectivity index is 1.86. The van der Waals surface area contributed by atoms with Crippen molar-refractivity contribution in [2.24, 2.45) is 0 Å². The van der Waals surface area contributed by atoms with Crippen LogP contribution in [0.15, 0.2) is 103 Å². The lowest BCUT2D eigenvalue weighted by atomic mass is 9.77. The highest BCUT2D eigenvalue weighted by molar-refractivity contribution is 5.76. The van der Waals surface area contributed by atoms with Crippen LogP contribution in [-0.2, 0) is 5.60 Å². The fourth-order valence-electron chi connectivity index (χ4n) is 4.16. The van der Waals surface area contributed by atoms with Gasteiger partial charge in [0.25, 0.3) is 0 Å². The maximum absolute atomic E-state index is 12.2. The van der Waals surface area contributed by atoms with Gasteiger partial charge in [0, 0.05) is 12.1 Å². The molecule has 0 aliphatic heterocycles. The first-order valence-electron chi connectivity index (χ1n) is 10.1. The van der Waals surface area contributed by atoms with Crippen LogP contribution in [0.4, 0.5) is 0 Å². The van der Waals surface area contributed by atoms with E-state index in [0.717, 1.165) is 35.2 Å². The molecule has 0 bridgehead atoms. The van der Waals surface area contributed by atoms with E-state index in [2.05, 4.69) is 49.3 Å². The number of likely N-dealkylation sites (N-methyl/N-ethyl adjacent to an activating group) is 1. The van der Waals surface area contributed by atoms with Crippen LogP contribution >= 0.6 is 0 Å². The Bertz CT molecular complexity index is 993. The highest BCUT2D eigenvalue weighted by Crippen LogP contribution is 2.41. The molecule has 0 aromatic heterocycles. The van der Waals surface area contributed by atoms with E-state index in [-0.39, 0.29) is 0 Å². The van der Waals surface area contributed by atoms with Crippen molar-refractivity contribution >= 4 is 5.57 Å². The van der Waals surface area contributed by atoms with Gasteiger partial charge in [-0.05, 0) is 48.4 Å². The van der Waals surface area contributed by atoms with Crippen LogP contribution in [0.2, 0.25) is 0 Å². The minimum atomic E-state index is -1.22. The lowest BCUT2D eigenvalue weighted by Gasteiger charge is -2.32. The molecule has 0 amide bonds. The van der Waals surface area contributed by atoms with Crippen LogP contribution < -0.4 is 0 Å². The second kappa shape index (κ2) is 8.20. The molecule has 1 N–H and O–H groups in total. The Hall–Kier alpha value is -2.94. The first kappa shape index (κ1) is 19.4. The van der Waals surface area contributed by atoms with Gasteiger partial charge in [0.15, 0.2) is 0 Å². The third kappa shape index (κ3) is 3.82. The molecule has 0 spiro atoms. The third-order valence-electron chi connectivity index (χ3n) is 5.49. The molecule has 4 rings (SSSR count). The largest absolute Gasteiger partial charge is 0.376 e. The van der Waals surface area contributed by atoms with E-state index >= 15 is 0 Å². The summed E-state index contributed by atoms with van der Waals surface area (Å²) < 4.78 is 0. The summed E-state index contributed by atoms with van der Waals surface area (Å²) >= 11 is 0. The van der Waals surface area contributed by atoms with E-state index in [1.807, 2.05) is 66.7 Å². The fourth-order valence-corrected chi connectivity index (χ4v) is 4.16. The summed E-state index contributed by atoms with van der Waals surface area (Å²) in [5.41, 5.74) is 5.13. The van der Waals surface area contributed by atoms with Gasteiger partial charge in [-0.3, -0.25) is 0 Å². The van der Waals surface area contributed by atoms with Crippen molar-refractivity contribution in [2.75, 3.05) is 20.6 Å². The molecule has 29 heavy (non-hydrogen) atoms. The molecule has 1 aliphatic carbocycles. The topological polar surface area (TPSA) is 23.5 Å². The number of benzene rings is 3. The maximum atomic E-state index is 12.2. The van der Waals surface area contributed by atoms with Crippen molar-refractivity contribution in [3.8, 4) is 0 Å². The number of rotatable bonds is 6. The second-order valence-electron chi connectivity index (χ2n) is 7.88. The minimum Gasteiger partial charge on any atom is -0.376 e. The molecule has 0 fully saturated rings. The first-order chi connectivity index (χ1) is 14.1. The molecule has 0 saturated carbocycles. The molecule has 2 heteroatoms. The van der Waals surface area contributed by atoms with Gasteiger partial charge in [0.2, 0.25) is 0 Å². The highest BCUT2D eigenvalue weighted by Gasteiger charge is 2.36. The molecule has 2 nitrogen and oxygen atoms in total. The zero-order valence-electron chi connectivity index (χ0n) is 17.0. The molecule has 0 unspecified atom stereocenters. The summed E-state index contributed by atoms with van der Waals surface area (Å²) in [6.07, 6.45) is 5.45. The molecule has 0 saturated heterocycles. The quantitative estimate of drug-likeness (QED) is 0.590. The smallest absolute Gasteiger partial charge is 0.141 e. The van der Waals surface area contributed by atoms with Crippen molar-refractivity contribution in [3.05, 3.63) is 125 Å². The standard InChI is InChI=1S/C27H27NO/c1-28(2)20-21-17-18-22(19-21)25-15-9-10-16-26(25)27(29,23-11-5-3-6-12-23)24-13-7-4-8-14-24/h3-17,19,29H,18,20H2,1-2H3. The van der Waals surface area contributed by atoms with E-state index in [9.17, 15) is 5.11 Å². The molecular formula is C27H27NO. The lowest BCUT2D eigenvalue weighted by molar-refractivity contribution is 0.125. The van der Waals surface area contributed by atoms with Gasteiger partial charge in [-0.2, -0.15) is 0 Å². The number of allylic oxidation sites excluding steroid dienone is 2. The molecule has 0 heterocycles. The van der Waals surface area contributed by atoms with E-state index in [0.29, 0.717) is 0 Å². The molecule has 146 valence electrons. The Labute approximate surface area is 173 Å². The lowest BCUT2D eigenvalue weighted by Crippen LogP contribution is -2.30. The average molecular weight is 382 g/mol. The predicted octanol–water partition coefficient (Wildman–Crippen LogP) is 5.25. The molecule has 0 atom stereocenters. The maximum Gasteiger partial charge on any atom is 0.141 e. The monoisotopic (exact) mass is 381 g/mol. The summed E-state index contributed by atoms with van der Waals surface area (Å²) in [5, 5.41) is 12.2. The summed E-state index contributed by atoms with van der Waals surface area (Å²) in [6.45, 7) is 0.924. The molecule has 3 aromatic carbocycles. The van der Waals surface area contributed by atoms with Crippen LogP contribution in [0.1, 0.15) is 28.7 Å². The Morgan fingerprint density at radius 2 is 1.34 bits per heavy atom. The van der Waals surface area contributed by atoms with Gasteiger partial charge in [0.05, 0.1) is 0 Å². The van der Waals surface area contributed by atoms with Crippen LogP contribution in [0.5, 0.6) is 0 Å². The van der Waals surface area contributed by atoms with Crippen molar-refractivity contribution in [1.29, 1.82) is 0 Å².